The van der Waals surface area contributed by atoms with Crippen molar-refractivity contribution in [2.24, 2.45) is 15.4 Å². The number of nitrogens with zero attached hydrogens (tertiary/aromatic N) is 2. The van der Waals surface area contributed by atoms with Crippen molar-refractivity contribution >= 4 is 11.8 Å². The van der Waals surface area contributed by atoms with Gasteiger partial charge < -0.3 is 18.9 Å². The summed E-state index contributed by atoms with van der Waals surface area (Å²) in [5.74, 6) is 1.15. The first-order valence-corrected chi connectivity index (χ1v) is 19.1. The number of ether oxygens (including phenoxy) is 4. The fraction of sp³-hybridized carbons (Fsp3) is 0.224. The first kappa shape index (κ1) is 36.2. The minimum absolute atomic E-state index is 0.259. The standard InChI is InChI=1S/C49H46N2O4/c1-49(2,47-50-43(35-21-9-3-10-22-35)41(54-47)33-52-45(37-25-13-5-14-26-37)38-27-15-6-16-28-38)48-51-44(36-23-11-4-12-24-36)42(55-48)34-53-46(39-29-17-7-18-30-39)40-31-19-8-20-32-40/h3-32,41-46H,33-34H2,1-2H3/t41-,42-,43+,44+/m0/s1. The van der Waals surface area contributed by atoms with E-state index in [1.165, 1.54) is 0 Å². The SMILES string of the molecule is CC(C)(C1=N[C@H](c2ccccc2)[C@H](COC(c2ccccc2)c2ccccc2)O1)C1=N[C@H](c2ccccc2)[C@H](COC(c2ccccc2)c2ccccc2)O1. The highest BCUT2D eigenvalue weighted by molar-refractivity contribution is 6.05. The molecule has 0 saturated carbocycles. The van der Waals surface area contributed by atoms with Crippen molar-refractivity contribution in [2.45, 2.75) is 50.3 Å². The fourth-order valence-corrected chi connectivity index (χ4v) is 7.40. The molecule has 0 aromatic heterocycles. The molecule has 6 heteroatoms. The highest BCUT2D eigenvalue weighted by Gasteiger charge is 2.47. The van der Waals surface area contributed by atoms with Crippen LogP contribution in [0.3, 0.4) is 0 Å². The minimum atomic E-state index is -0.778. The lowest BCUT2D eigenvalue weighted by Gasteiger charge is -2.27. The third kappa shape index (κ3) is 8.16. The molecular weight excluding hydrogens is 681 g/mol. The van der Waals surface area contributed by atoms with Gasteiger partial charge in [0.2, 0.25) is 0 Å². The highest BCUT2D eigenvalue weighted by atomic mass is 16.6. The Hall–Kier alpha value is -5.82. The third-order valence-corrected chi connectivity index (χ3v) is 10.4. The zero-order valence-electron chi connectivity index (χ0n) is 31.2. The predicted molar refractivity (Wildman–Crippen MR) is 218 cm³/mol. The van der Waals surface area contributed by atoms with Crippen LogP contribution in [0, 0.1) is 5.41 Å². The molecule has 276 valence electrons. The summed E-state index contributed by atoms with van der Waals surface area (Å²) in [6.07, 6.45) is -1.25. The van der Waals surface area contributed by atoms with Crippen LogP contribution in [0.1, 0.15) is 71.5 Å². The minimum Gasteiger partial charge on any atom is -0.472 e. The average Bonchev–Trinajstić information content (AvgIpc) is 3.90. The van der Waals surface area contributed by atoms with Crippen LogP contribution in [0.4, 0.5) is 0 Å². The molecule has 2 aliphatic heterocycles. The van der Waals surface area contributed by atoms with Crippen molar-refractivity contribution < 1.29 is 18.9 Å². The Morgan fingerprint density at radius 3 is 1.00 bits per heavy atom. The first-order valence-electron chi connectivity index (χ1n) is 19.1. The van der Waals surface area contributed by atoms with Crippen molar-refractivity contribution in [1.29, 1.82) is 0 Å². The zero-order chi connectivity index (χ0) is 37.5. The molecule has 2 heterocycles. The van der Waals surface area contributed by atoms with E-state index in [-0.39, 0.29) is 36.5 Å². The van der Waals surface area contributed by atoms with Gasteiger partial charge in [-0.25, -0.2) is 9.98 Å². The molecule has 6 aromatic rings. The molecule has 0 saturated heterocycles. The molecule has 0 N–H and O–H groups in total. The van der Waals surface area contributed by atoms with Gasteiger partial charge in [0.05, 0.1) is 13.2 Å². The van der Waals surface area contributed by atoms with E-state index >= 15 is 0 Å². The Morgan fingerprint density at radius 1 is 0.436 bits per heavy atom. The van der Waals surface area contributed by atoms with Crippen LogP contribution in [0.15, 0.2) is 192 Å². The second kappa shape index (κ2) is 16.7. The molecule has 4 atom stereocenters. The fourth-order valence-electron chi connectivity index (χ4n) is 7.40. The van der Waals surface area contributed by atoms with Crippen LogP contribution in [-0.2, 0) is 18.9 Å². The van der Waals surface area contributed by atoms with E-state index in [4.69, 9.17) is 28.9 Å². The Morgan fingerprint density at radius 2 is 0.709 bits per heavy atom. The molecule has 55 heavy (non-hydrogen) atoms. The van der Waals surface area contributed by atoms with Crippen molar-refractivity contribution in [2.75, 3.05) is 13.2 Å². The molecule has 0 bridgehead atoms. The zero-order valence-corrected chi connectivity index (χ0v) is 31.2. The van der Waals surface area contributed by atoms with Crippen molar-refractivity contribution in [3.63, 3.8) is 0 Å². The monoisotopic (exact) mass is 726 g/mol. The molecule has 0 radical (unpaired) electrons. The Kier molecular flexibility index (Phi) is 11.0. The van der Waals surface area contributed by atoms with Gasteiger partial charge in [-0.15, -0.1) is 0 Å². The van der Waals surface area contributed by atoms with Crippen LogP contribution < -0.4 is 0 Å². The molecule has 0 spiro atoms. The van der Waals surface area contributed by atoms with Crippen molar-refractivity contribution in [3.8, 4) is 0 Å². The van der Waals surface area contributed by atoms with Crippen molar-refractivity contribution in [1.82, 2.24) is 0 Å². The van der Waals surface area contributed by atoms with Crippen LogP contribution in [0.25, 0.3) is 0 Å². The lowest BCUT2D eigenvalue weighted by atomic mass is 9.93. The van der Waals surface area contributed by atoms with Crippen LogP contribution >= 0.6 is 0 Å². The summed E-state index contributed by atoms with van der Waals surface area (Å²) in [6, 6.07) is 61.4. The molecule has 0 unspecified atom stereocenters. The second-order valence-corrected chi connectivity index (χ2v) is 14.6. The van der Waals surface area contributed by atoms with Crippen LogP contribution in [0.2, 0.25) is 0 Å². The Balaban J connectivity index is 1.06. The lowest BCUT2D eigenvalue weighted by Crippen LogP contribution is -2.37. The lowest BCUT2D eigenvalue weighted by molar-refractivity contribution is 0.00509. The molecule has 0 amide bonds. The molecule has 0 aliphatic carbocycles. The number of aliphatic imine (C=N–C) groups is 2. The summed E-state index contributed by atoms with van der Waals surface area (Å²) >= 11 is 0. The summed E-state index contributed by atoms with van der Waals surface area (Å²) in [5, 5.41) is 0. The summed E-state index contributed by atoms with van der Waals surface area (Å²) in [6.45, 7) is 4.81. The number of hydrogen-bond acceptors (Lipinski definition) is 6. The van der Waals surface area contributed by atoms with Crippen LogP contribution in [-0.4, -0.2) is 37.2 Å². The molecule has 8 rings (SSSR count). The van der Waals surface area contributed by atoms with Gasteiger partial charge in [0.25, 0.3) is 0 Å². The van der Waals surface area contributed by atoms with E-state index in [0.717, 1.165) is 33.4 Å². The van der Waals surface area contributed by atoms with E-state index in [0.29, 0.717) is 25.0 Å². The summed E-state index contributed by atoms with van der Waals surface area (Å²) in [5.41, 5.74) is 5.68. The van der Waals surface area contributed by atoms with E-state index in [2.05, 4.69) is 86.6 Å². The van der Waals surface area contributed by atoms with E-state index < -0.39 is 5.41 Å². The molecular formula is C49H46N2O4. The molecule has 0 fully saturated rings. The van der Waals surface area contributed by atoms with Gasteiger partial charge in [-0.2, -0.15) is 0 Å². The summed E-state index contributed by atoms with van der Waals surface area (Å²) < 4.78 is 27.3. The van der Waals surface area contributed by atoms with Gasteiger partial charge in [0.1, 0.15) is 41.9 Å². The maximum Gasteiger partial charge on any atom is 0.199 e. The Labute approximate surface area is 324 Å². The number of hydrogen-bond donors (Lipinski definition) is 0. The van der Waals surface area contributed by atoms with Crippen LogP contribution in [0.5, 0.6) is 0 Å². The maximum absolute atomic E-state index is 6.85. The number of benzene rings is 6. The largest absolute Gasteiger partial charge is 0.472 e. The highest BCUT2D eigenvalue weighted by Crippen LogP contribution is 2.41. The maximum atomic E-state index is 6.85. The first-order chi connectivity index (χ1) is 27.0. The van der Waals surface area contributed by atoms with Gasteiger partial charge in [-0.1, -0.05) is 182 Å². The topological polar surface area (TPSA) is 61.6 Å². The van der Waals surface area contributed by atoms with Gasteiger partial charge in [0, 0.05) is 0 Å². The third-order valence-electron chi connectivity index (χ3n) is 10.4. The summed E-state index contributed by atoms with van der Waals surface area (Å²) in [7, 11) is 0. The molecule has 2 aliphatic rings. The van der Waals surface area contributed by atoms with Gasteiger partial charge in [0.15, 0.2) is 11.8 Å². The smallest absolute Gasteiger partial charge is 0.199 e. The van der Waals surface area contributed by atoms with Gasteiger partial charge >= 0.3 is 0 Å². The molecule has 6 aromatic carbocycles. The van der Waals surface area contributed by atoms with Gasteiger partial charge in [-0.05, 0) is 47.2 Å². The van der Waals surface area contributed by atoms with Gasteiger partial charge in [-0.3, -0.25) is 0 Å². The summed E-state index contributed by atoms with van der Waals surface area (Å²) in [4.78, 5) is 10.6. The Bertz CT molecular complexity index is 1930. The predicted octanol–water partition coefficient (Wildman–Crippen LogP) is 10.7. The van der Waals surface area contributed by atoms with Crippen molar-refractivity contribution in [3.05, 3.63) is 215 Å². The van der Waals surface area contributed by atoms with E-state index in [1.54, 1.807) is 0 Å². The number of rotatable bonds is 14. The van der Waals surface area contributed by atoms with E-state index in [1.807, 2.05) is 109 Å². The normalized spacial score (nSPS) is 19.5. The second-order valence-electron chi connectivity index (χ2n) is 14.6. The quantitative estimate of drug-likeness (QED) is 0.112. The average molecular weight is 727 g/mol. The van der Waals surface area contributed by atoms with E-state index in [9.17, 15) is 0 Å². The molecule has 6 nitrogen and oxygen atoms in total.